The van der Waals surface area contributed by atoms with Gasteiger partial charge in [-0.1, -0.05) is 17.7 Å². The molecule has 1 heterocycles. The number of anilines is 1. The van der Waals surface area contributed by atoms with Gasteiger partial charge in [0.1, 0.15) is 6.54 Å². The summed E-state index contributed by atoms with van der Waals surface area (Å²) in [6, 6.07) is 9.02. The van der Waals surface area contributed by atoms with Crippen molar-refractivity contribution in [2.75, 3.05) is 5.32 Å². The molecule has 0 aliphatic carbocycles. The van der Waals surface area contributed by atoms with Gasteiger partial charge in [-0.3, -0.25) is 4.79 Å². The number of unbranched alkanes of at least 4 members (excludes halogenated alkanes) is 1. The number of carbonyl (C=O) groups excluding carboxylic acids is 1. The minimum atomic E-state index is -4.57. The molecule has 1 amide bonds. The average molecular weight is 438 g/mol. The van der Waals surface area contributed by atoms with Crippen molar-refractivity contribution >= 4 is 23.2 Å². The van der Waals surface area contributed by atoms with Gasteiger partial charge in [-0.25, -0.2) is 4.57 Å². The van der Waals surface area contributed by atoms with Gasteiger partial charge in [0.2, 0.25) is 5.91 Å². The fraction of sp³-hybridized carbons (Fsp3) is 0.294. The number of amides is 1. The Morgan fingerprint density at radius 2 is 1.80 bits per heavy atom. The molecule has 25 heavy (non-hydrogen) atoms. The average Bonchev–Trinajstić information content (AvgIpc) is 2.53. The van der Waals surface area contributed by atoms with Crippen LogP contribution in [0.5, 0.6) is 0 Å². The fourth-order valence-corrected chi connectivity index (χ4v) is 2.41. The van der Waals surface area contributed by atoms with Crippen LogP contribution in [0.3, 0.4) is 0 Å². The monoisotopic (exact) mass is 436 g/mol. The van der Waals surface area contributed by atoms with Crippen molar-refractivity contribution in [2.24, 2.45) is 0 Å². The molecule has 1 aromatic carbocycles. The number of carbonyl (C=O) groups is 1. The minimum absolute atomic E-state index is 0. The third kappa shape index (κ3) is 7.04. The maximum absolute atomic E-state index is 13.0. The van der Waals surface area contributed by atoms with Gasteiger partial charge in [-0.2, -0.15) is 13.2 Å². The number of aromatic nitrogens is 1. The van der Waals surface area contributed by atoms with E-state index in [1.54, 1.807) is 0 Å². The number of rotatable bonds is 6. The summed E-state index contributed by atoms with van der Waals surface area (Å²) in [5, 5.41) is 2.29. The predicted molar refractivity (Wildman–Crippen MR) is 85.6 cm³/mol. The Bertz CT molecular complexity index is 696. The molecule has 2 rings (SSSR count). The van der Waals surface area contributed by atoms with E-state index in [4.69, 9.17) is 11.6 Å². The van der Waals surface area contributed by atoms with Crippen LogP contribution in [-0.4, -0.2) is 5.91 Å². The molecular weight excluding hydrogens is 421 g/mol. The third-order valence-corrected chi connectivity index (χ3v) is 3.64. The Balaban J connectivity index is 0.00000312. The topological polar surface area (TPSA) is 33.0 Å². The molecule has 0 saturated carbocycles. The smallest absolute Gasteiger partial charge is 0.418 e. The van der Waals surface area contributed by atoms with Crippen LogP contribution in [0.15, 0.2) is 48.8 Å². The number of pyridine rings is 1. The summed E-state index contributed by atoms with van der Waals surface area (Å²) < 4.78 is 40.9. The Morgan fingerprint density at radius 3 is 2.44 bits per heavy atom. The number of nitrogens with one attached hydrogen (secondary N) is 1. The van der Waals surface area contributed by atoms with Crippen LogP contribution in [0, 0.1) is 0 Å². The van der Waals surface area contributed by atoms with Gasteiger partial charge in [-0.15, -0.1) is 0 Å². The second-order valence-corrected chi connectivity index (χ2v) is 5.74. The van der Waals surface area contributed by atoms with Crippen molar-refractivity contribution in [3.8, 4) is 0 Å². The van der Waals surface area contributed by atoms with E-state index in [9.17, 15) is 18.0 Å². The molecular formula is C17H17BrClF3N2O. The first-order valence-corrected chi connectivity index (χ1v) is 7.85. The Labute approximate surface area is 159 Å². The van der Waals surface area contributed by atoms with Gasteiger partial charge in [-0.05, 0) is 24.6 Å². The molecule has 0 unspecified atom stereocenters. The first-order chi connectivity index (χ1) is 11.4. The van der Waals surface area contributed by atoms with Crippen LogP contribution in [0.2, 0.25) is 5.02 Å². The quantitative estimate of drug-likeness (QED) is 0.539. The van der Waals surface area contributed by atoms with E-state index in [1.165, 1.54) is 12.1 Å². The van der Waals surface area contributed by atoms with E-state index < -0.39 is 17.6 Å². The highest BCUT2D eigenvalue weighted by atomic mass is 79.9. The van der Waals surface area contributed by atoms with Crippen molar-refractivity contribution in [1.29, 1.82) is 0 Å². The molecule has 2 aromatic rings. The summed E-state index contributed by atoms with van der Waals surface area (Å²) in [5.41, 5.74) is -1.21. The van der Waals surface area contributed by atoms with Crippen LogP contribution in [0.1, 0.15) is 24.8 Å². The molecule has 0 fully saturated rings. The molecule has 8 heteroatoms. The number of alkyl halides is 3. The lowest BCUT2D eigenvalue weighted by molar-refractivity contribution is -0.697. The highest BCUT2D eigenvalue weighted by Gasteiger charge is 2.34. The fourth-order valence-electron chi connectivity index (χ4n) is 2.24. The van der Waals surface area contributed by atoms with Crippen molar-refractivity contribution in [2.45, 2.75) is 32.0 Å². The lowest BCUT2D eigenvalue weighted by Gasteiger charge is -2.14. The van der Waals surface area contributed by atoms with Crippen LogP contribution in [0.25, 0.3) is 0 Å². The van der Waals surface area contributed by atoms with Gasteiger partial charge in [0.25, 0.3) is 0 Å². The zero-order valence-corrected chi connectivity index (χ0v) is 15.5. The molecule has 1 aromatic heterocycles. The molecule has 0 spiro atoms. The van der Waals surface area contributed by atoms with E-state index in [0.717, 1.165) is 19.0 Å². The molecule has 0 radical (unpaired) electrons. The van der Waals surface area contributed by atoms with E-state index in [-0.39, 0.29) is 34.1 Å². The summed E-state index contributed by atoms with van der Waals surface area (Å²) in [5.74, 6) is -0.444. The normalized spacial score (nSPS) is 10.9. The van der Waals surface area contributed by atoms with Gasteiger partial charge >= 0.3 is 6.18 Å². The molecule has 136 valence electrons. The van der Waals surface area contributed by atoms with Crippen molar-refractivity contribution in [1.82, 2.24) is 0 Å². The van der Waals surface area contributed by atoms with Gasteiger partial charge in [0, 0.05) is 30.0 Å². The second-order valence-electron chi connectivity index (χ2n) is 5.31. The Morgan fingerprint density at radius 1 is 1.12 bits per heavy atom. The Hall–Kier alpha value is -1.60. The maximum atomic E-state index is 13.0. The van der Waals surface area contributed by atoms with Gasteiger partial charge in [0.15, 0.2) is 12.4 Å². The summed E-state index contributed by atoms with van der Waals surface area (Å²) >= 11 is 5.61. The standard InChI is InChI=1S/C17H16ClF3N2O.BrH/c18-13-7-8-15(14(12-13)17(19,20)21)22-16(24)6-2-5-11-23-9-3-1-4-10-23;/h1,3-4,7-10,12H,2,5-6,11H2;1H. The molecule has 3 nitrogen and oxygen atoms in total. The Kier molecular flexibility index (Phi) is 8.38. The maximum Gasteiger partial charge on any atom is 0.418 e. The van der Waals surface area contributed by atoms with E-state index in [1.807, 2.05) is 35.2 Å². The first-order valence-electron chi connectivity index (χ1n) is 7.47. The predicted octanol–water partition coefficient (Wildman–Crippen LogP) is 1.46. The first kappa shape index (κ1) is 21.4. The lowest BCUT2D eigenvalue weighted by atomic mass is 10.1. The lowest BCUT2D eigenvalue weighted by Crippen LogP contribution is -3.00. The molecule has 0 aliphatic heterocycles. The summed E-state index contributed by atoms with van der Waals surface area (Å²) in [6.07, 6.45) is 0.773. The van der Waals surface area contributed by atoms with Gasteiger partial charge in [0.05, 0.1) is 11.3 Å². The molecule has 0 atom stereocenters. The largest absolute Gasteiger partial charge is 1.00 e. The van der Waals surface area contributed by atoms with Crippen molar-refractivity contribution in [3.63, 3.8) is 0 Å². The number of hydrogen-bond donors (Lipinski definition) is 1. The van der Waals surface area contributed by atoms with Crippen molar-refractivity contribution < 1.29 is 39.5 Å². The van der Waals surface area contributed by atoms with E-state index in [2.05, 4.69) is 5.32 Å². The van der Waals surface area contributed by atoms with Crippen LogP contribution < -0.4 is 26.9 Å². The van der Waals surface area contributed by atoms with Crippen LogP contribution in [0.4, 0.5) is 18.9 Å². The zero-order valence-electron chi connectivity index (χ0n) is 13.2. The zero-order chi connectivity index (χ0) is 17.6. The number of nitrogens with zero attached hydrogens (tertiary/aromatic N) is 1. The minimum Gasteiger partial charge on any atom is -1.00 e. The molecule has 0 aliphatic rings. The number of halogens is 5. The SMILES string of the molecule is O=C(CCCC[n+]1ccccc1)Nc1ccc(Cl)cc1C(F)(F)F.[Br-]. The van der Waals surface area contributed by atoms with Crippen LogP contribution >= 0.6 is 11.6 Å². The van der Waals surface area contributed by atoms with Gasteiger partial charge < -0.3 is 22.3 Å². The van der Waals surface area contributed by atoms with Crippen LogP contribution in [-0.2, 0) is 17.5 Å². The highest BCUT2D eigenvalue weighted by molar-refractivity contribution is 6.30. The van der Waals surface area contributed by atoms with Crippen molar-refractivity contribution in [3.05, 3.63) is 59.4 Å². The summed E-state index contributed by atoms with van der Waals surface area (Å²) in [6.45, 7) is 0.753. The molecule has 0 saturated heterocycles. The third-order valence-electron chi connectivity index (χ3n) is 3.41. The summed E-state index contributed by atoms with van der Waals surface area (Å²) in [7, 11) is 0. The summed E-state index contributed by atoms with van der Waals surface area (Å²) in [4.78, 5) is 11.9. The van der Waals surface area contributed by atoms with E-state index >= 15 is 0 Å². The second kappa shape index (κ2) is 9.77. The number of benzene rings is 1. The number of hydrogen-bond acceptors (Lipinski definition) is 1. The molecule has 0 bridgehead atoms. The molecule has 1 N–H and O–H groups in total. The highest BCUT2D eigenvalue weighted by Crippen LogP contribution is 2.36. The number of aryl methyl sites for hydroxylation is 1. The van der Waals surface area contributed by atoms with E-state index in [0.29, 0.717) is 6.42 Å².